The molecule has 0 bridgehead atoms. The average Bonchev–Trinajstić information content (AvgIpc) is 2.81. The van der Waals surface area contributed by atoms with Gasteiger partial charge in [-0.3, -0.25) is 0 Å². The molecule has 2 rings (SSSR count). The number of halogens is 1. The summed E-state index contributed by atoms with van der Waals surface area (Å²) >= 11 is 7.59. The summed E-state index contributed by atoms with van der Waals surface area (Å²) < 4.78 is 0. The molecule has 0 aliphatic heterocycles. The number of pyridine rings is 1. The Morgan fingerprint density at radius 3 is 2.82 bits per heavy atom. The number of alkyl halides is 1. The molecule has 4 heteroatoms. The Kier molecular flexibility index (Phi) is 4.02. The van der Waals surface area contributed by atoms with Gasteiger partial charge in [0.15, 0.2) is 0 Å². The molecule has 0 radical (unpaired) electrons. The van der Waals surface area contributed by atoms with E-state index in [4.69, 9.17) is 11.6 Å². The van der Waals surface area contributed by atoms with E-state index in [1.165, 1.54) is 5.56 Å². The highest BCUT2D eigenvalue weighted by Crippen LogP contribution is 2.18. The van der Waals surface area contributed by atoms with Gasteiger partial charge in [-0.05, 0) is 47.0 Å². The van der Waals surface area contributed by atoms with Crippen LogP contribution in [0.15, 0.2) is 29.0 Å². The van der Waals surface area contributed by atoms with Crippen LogP contribution in [0, 0.1) is 6.92 Å². The molecule has 2 aromatic heterocycles. The SMILES string of the molecule is Cc1cc(CCl)cc(N(C)Cc2ccsc2)n1. The van der Waals surface area contributed by atoms with Crippen molar-refractivity contribution in [3.63, 3.8) is 0 Å². The number of aryl methyl sites for hydroxylation is 1. The van der Waals surface area contributed by atoms with E-state index >= 15 is 0 Å². The Labute approximate surface area is 111 Å². The Morgan fingerprint density at radius 1 is 1.35 bits per heavy atom. The third kappa shape index (κ3) is 3.20. The second kappa shape index (κ2) is 5.52. The molecule has 0 amide bonds. The fourth-order valence-electron chi connectivity index (χ4n) is 1.73. The maximum absolute atomic E-state index is 5.87. The van der Waals surface area contributed by atoms with Gasteiger partial charge in [0.05, 0.1) is 0 Å². The minimum Gasteiger partial charge on any atom is -0.355 e. The van der Waals surface area contributed by atoms with E-state index in [-0.39, 0.29) is 0 Å². The van der Waals surface area contributed by atoms with Crippen LogP contribution in [0.4, 0.5) is 5.82 Å². The van der Waals surface area contributed by atoms with Gasteiger partial charge in [-0.2, -0.15) is 11.3 Å². The van der Waals surface area contributed by atoms with Crippen molar-refractivity contribution in [1.82, 2.24) is 4.98 Å². The number of hydrogen-bond acceptors (Lipinski definition) is 3. The van der Waals surface area contributed by atoms with E-state index in [9.17, 15) is 0 Å². The summed E-state index contributed by atoms with van der Waals surface area (Å²) in [5, 5.41) is 4.26. The standard InChI is InChI=1S/C13H15ClN2S/c1-10-5-12(7-14)6-13(15-10)16(2)8-11-3-4-17-9-11/h3-6,9H,7-8H2,1-2H3. The van der Waals surface area contributed by atoms with E-state index in [1.54, 1.807) is 11.3 Å². The lowest BCUT2D eigenvalue weighted by Crippen LogP contribution is -2.17. The van der Waals surface area contributed by atoms with Crippen LogP contribution in [0.5, 0.6) is 0 Å². The minimum atomic E-state index is 0.530. The van der Waals surface area contributed by atoms with Gasteiger partial charge in [0.2, 0.25) is 0 Å². The van der Waals surface area contributed by atoms with Gasteiger partial charge in [-0.1, -0.05) is 0 Å². The first-order valence-corrected chi connectivity index (χ1v) is 6.92. The lowest BCUT2D eigenvalue weighted by molar-refractivity contribution is 0.893. The summed E-state index contributed by atoms with van der Waals surface area (Å²) in [6.45, 7) is 2.87. The van der Waals surface area contributed by atoms with E-state index < -0.39 is 0 Å². The van der Waals surface area contributed by atoms with Crippen LogP contribution in [0.25, 0.3) is 0 Å². The molecule has 0 saturated carbocycles. The van der Waals surface area contributed by atoms with E-state index in [0.717, 1.165) is 23.6 Å². The Morgan fingerprint density at radius 2 is 2.18 bits per heavy atom. The van der Waals surface area contributed by atoms with Crippen molar-refractivity contribution in [2.45, 2.75) is 19.3 Å². The van der Waals surface area contributed by atoms with Crippen molar-refractivity contribution < 1.29 is 0 Å². The van der Waals surface area contributed by atoms with Crippen LogP contribution < -0.4 is 4.90 Å². The molecule has 0 saturated heterocycles. The lowest BCUT2D eigenvalue weighted by atomic mass is 10.2. The first-order chi connectivity index (χ1) is 8.19. The van der Waals surface area contributed by atoms with Crippen molar-refractivity contribution in [3.05, 3.63) is 45.8 Å². The molecule has 0 fully saturated rings. The van der Waals surface area contributed by atoms with Gasteiger partial charge in [0.1, 0.15) is 5.82 Å². The number of aromatic nitrogens is 1. The molecule has 0 aliphatic rings. The molecule has 2 heterocycles. The zero-order valence-corrected chi connectivity index (χ0v) is 11.6. The van der Waals surface area contributed by atoms with Gasteiger partial charge in [0.25, 0.3) is 0 Å². The van der Waals surface area contributed by atoms with Gasteiger partial charge in [-0.15, -0.1) is 11.6 Å². The van der Waals surface area contributed by atoms with Crippen LogP contribution in [0.2, 0.25) is 0 Å². The normalized spacial score (nSPS) is 10.5. The Hall–Kier alpha value is -1.06. The zero-order valence-electron chi connectivity index (χ0n) is 9.98. The molecule has 0 aliphatic carbocycles. The number of thiophene rings is 1. The minimum absolute atomic E-state index is 0.530. The van der Waals surface area contributed by atoms with Crippen LogP contribution in [-0.2, 0) is 12.4 Å². The summed E-state index contributed by atoms with van der Waals surface area (Å²) in [6, 6.07) is 6.21. The van der Waals surface area contributed by atoms with Crippen molar-refractivity contribution in [2.75, 3.05) is 11.9 Å². The fraction of sp³-hybridized carbons (Fsp3) is 0.308. The third-order valence-corrected chi connectivity index (χ3v) is 3.59. The highest BCUT2D eigenvalue weighted by Gasteiger charge is 2.06. The topological polar surface area (TPSA) is 16.1 Å². The van der Waals surface area contributed by atoms with Gasteiger partial charge < -0.3 is 4.90 Å². The van der Waals surface area contributed by atoms with Gasteiger partial charge in [0, 0.05) is 25.2 Å². The molecular formula is C13H15ClN2S. The summed E-state index contributed by atoms with van der Waals surface area (Å²) in [5.41, 5.74) is 3.44. The first-order valence-electron chi connectivity index (χ1n) is 5.45. The zero-order chi connectivity index (χ0) is 12.3. The lowest BCUT2D eigenvalue weighted by Gasteiger charge is -2.18. The molecule has 0 aromatic carbocycles. The van der Waals surface area contributed by atoms with Gasteiger partial charge >= 0.3 is 0 Å². The summed E-state index contributed by atoms with van der Waals surface area (Å²) in [5.74, 6) is 1.51. The monoisotopic (exact) mass is 266 g/mol. The number of hydrogen-bond donors (Lipinski definition) is 0. The van der Waals surface area contributed by atoms with Crippen molar-refractivity contribution >= 4 is 28.8 Å². The maximum atomic E-state index is 5.87. The average molecular weight is 267 g/mol. The third-order valence-electron chi connectivity index (χ3n) is 2.54. The fourth-order valence-corrected chi connectivity index (χ4v) is 2.55. The molecule has 0 unspecified atom stereocenters. The van der Waals surface area contributed by atoms with Crippen molar-refractivity contribution in [3.8, 4) is 0 Å². The molecule has 2 nitrogen and oxygen atoms in total. The number of nitrogens with zero attached hydrogens (tertiary/aromatic N) is 2. The smallest absolute Gasteiger partial charge is 0.129 e. The molecule has 0 atom stereocenters. The second-order valence-corrected chi connectivity index (χ2v) is 5.14. The highest BCUT2D eigenvalue weighted by molar-refractivity contribution is 7.07. The predicted molar refractivity (Wildman–Crippen MR) is 75.0 cm³/mol. The Balaban J connectivity index is 2.18. The molecule has 90 valence electrons. The van der Waals surface area contributed by atoms with Crippen molar-refractivity contribution in [1.29, 1.82) is 0 Å². The van der Waals surface area contributed by atoms with Crippen molar-refractivity contribution in [2.24, 2.45) is 0 Å². The van der Waals surface area contributed by atoms with Crippen LogP contribution >= 0.6 is 22.9 Å². The summed E-state index contributed by atoms with van der Waals surface area (Å²) in [6.07, 6.45) is 0. The number of anilines is 1. The van der Waals surface area contributed by atoms with Crippen LogP contribution in [-0.4, -0.2) is 12.0 Å². The molecule has 0 N–H and O–H groups in total. The molecule has 17 heavy (non-hydrogen) atoms. The Bertz CT molecular complexity index is 482. The summed E-state index contributed by atoms with van der Waals surface area (Å²) in [7, 11) is 2.05. The maximum Gasteiger partial charge on any atom is 0.129 e. The van der Waals surface area contributed by atoms with Crippen LogP contribution in [0.3, 0.4) is 0 Å². The molecular weight excluding hydrogens is 252 g/mol. The predicted octanol–water partition coefficient (Wildman–Crippen LogP) is 3.83. The molecule has 0 spiro atoms. The largest absolute Gasteiger partial charge is 0.355 e. The second-order valence-electron chi connectivity index (χ2n) is 4.10. The van der Waals surface area contributed by atoms with E-state index in [2.05, 4.69) is 33.8 Å². The first kappa shape index (κ1) is 12.4. The highest BCUT2D eigenvalue weighted by atomic mass is 35.5. The summed E-state index contributed by atoms with van der Waals surface area (Å²) in [4.78, 5) is 6.68. The van der Waals surface area contributed by atoms with E-state index in [0.29, 0.717) is 5.88 Å². The van der Waals surface area contributed by atoms with Crippen LogP contribution in [0.1, 0.15) is 16.8 Å². The quantitative estimate of drug-likeness (QED) is 0.782. The van der Waals surface area contributed by atoms with Gasteiger partial charge in [-0.25, -0.2) is 4.98 Å². The number of rotatable bonds is 4. The molecule has 2 aromatic rings. The van der Waals surface area contributed by atoms with E-state index in [1.807, 2.05) is 19.1 Å².